The van der Waals surface area contributed by atoms with E-state index in [1.165, 1.54) is 24.3 Å². The molecule has 0 aliphatic heterocycles. The Bertz CT molecular complexity index is 480. The molecule has 1 rings (SSSR count). The van der Waals surface area contributed by atoms with Gasteiger partial charge in [-0.05, 0) is 18.6 Å². The number of hydrogen-bond acceptors (Lipinski definition) is 4. The SMILES string of the molecule is CCCC(CC(=O)c1ccc([N+](=O)[O-])cc1)C(=O)O. The van der Waals surface area contributed by atoms with Gasteiger partial charge in [-0.3, -0.25) is 19.7 Å². The fraction of sp³-hybridized carbons (Fsp3) is 0.385. The first-order valence-corrected chi connectivity index (χ1v) is 5.96. The first-order chi connectivity index (χ1) is 8.95. The molecule has 1 unspecified atom stereocenters. The van der Waals surface area contributed by atoms with Crippen molar-refractivity contribution in [3.05, 3.63) is 39.9 Å². The normalized spacial score (nSPS) is 11.8. The third-order valence-corrected chi connectivity index (χ3v) is 2.82. The van der Waals surface area contributed by atoms with Crippen molar-refractivity contribution in [1.82, 2.24) is 0 Å². The lowest BCUT2D eigenvalue weighted by molar-refractivity contribution is -0.384. The third-order valence-electron chi connectivity index (χ3n) is 2.82. The van der Waals surface area contributed by atoms with Crippen LogP contribution in [0.3, 0.4) is 0 Å². The van der Waals surface area contributed by atoms with Crippen LogP contribution in [0.4, 0.5) is 5.69 Å². The molecular formula is C13H15NO5. The molecule has 0 spiro atoms. The van der Waals surface area contributed by atoms with Gasteiger partial charge in [-0.15, -0.1) is 0 Å². The molecule has 1 atom stereocenters. The minimum Gasteiger partial charge on any atom is -0.481 e. The second-order valence-electron chi connectivity index (χ2n) is 4.26. The number of nitrogens with zero attached hydrogens (tertiary/aromatic N) is 1. The fourth-order valence-electron chi connectivity index (χ4n) is 1.77. The molecule has 102 valence electrons. The minimum absolute atomic E-state index is 0.0824. The molecule has 6 heteroatoms. The second kappa shape index (κ2) is 6.63. The van der Waals surface area contributed by atoms with Gasteiger partial charge in [-0.2, -0.15) is 0 Å². The third kappa shape index (κ3) is 4.17. The topological polar surface area (TPSA) is 97.5 Å². The fourth-order valence-corrected chi connectivity index (χ4v) is 1.77. The van der Waals surface area contributed by atoms with Crippen LogP contribution in [0.1, 0.15) is 36.5 Å². The molecule has 0 radical (unpaired) electrons. The van der Waals surface area contributed by atoms with Crippen LogP contribution >= 0.6 is 0 Å². The summed E-state index contributed by atoms with van der Waals surface area (Å²) in [6.45, 7) is 1.85. The lowest BCUT2D eigenvalue weighted by Gasteiger charge is -2.09. The van der Waals surface area contributed by atoms with Gasteiger partial charge in [0, 0.05) is 24.1 Å². The number of carboxylic acid groups (broad SMARTS) is 1. The summed E-state index contributed by atoms with van der Waals surface area (Å²) < 4.78 is 0. The molecule has 1 N–H and O–H groups in total. The van der Waals surface area contributed by atoms with Gasteiger partial charge in [0.1, 0.15) is 0 Å². The summed E-state index contributed by atoms with van der Waals surface area (Å²) in [4.78, 5) is 32.8. The van der Waals surface area contributed by atoms with Crippen molar-refractivity contribution in [2.75, 3.05) is 0 Å². The maximum absolute atomic E-state index is 11.9. The van der Waals surface area contributed by atoms with Crippen molar-refractivity contribution in [2.24, 2.45) is 5.92 Å². The minimum atomic E-state index is -0.989. The Hall–Kier alpha value is -2.24. The van der Waals surface area contributed by atoms with Gasteiger partial charge in [0.2, 0.25) is 0 Å². The van der Waals surface area contributed by atoms with E-state index in [2.05, 4.69) is 0 Å². The highest BCUT2D eigenvalue weighted by molar-refractivity contribution is 5.98. The Labute approximate surface area is 110 Å². The Morgan fingerprint density at radius 2 is 1.89 bits per heavy atom. The smallest absolute Gasteiger partial charge is 0.306 e. The van der Waals surface area contributed by atoms with Crippen molar-refractivity contribution in [3.63, 3.8) is 0 Å². The Balaban J connectivity index is 2.76. The number of ketones is 1. The van der Waals surface area contributed by atoms with Crippen LogP contribution in [0.5, 0.6) is 0 Å². The molecule has 0 aliphatic carbocycles. The van der Waals surface area contributed by atoms with E-state index in [1.807, 2.05) is 6.92 Å². The zero-order chi connectivity index (χ0) is 14.4. The Morgan fingerprint density at radius 3 is 2.32 bits per heavy atom. The molecule has 0 amide bonds. The zero-order valence-corrected chi connectivity index (χ0v) is 10.5. The van der Waals surface area contributed by atoms with Gasteiger partial charge in [0.25, 0.3) is 5.69 Å². The maximum atomic E-state index is 11.9. The summed E-state index contributed by atoms with van der Waals surface area (Å²) in [5.41, 5.74) is 0.202. The average Bonchev–Trinajstić information content (AvgIpc) is 2.38. The highest BCUT2D eigenvalue weighted by Gasteiger charge is 2.21. The first-order valence-electron chi connectivity index (χ1n) is 5.96. The quantitative estimate of drug-likeness (QED) is 0.464. The summed E-state index contributed by atoms with van der Waals surface area (Å²) >= 11 is 0. The lowest BCUT2D eigenvalue weighted by Crippen LogP contribution is -2.18. The molecule has 0 fully saturated rings. The van der Waals surface area contributed by atoms with E-state index in [0.717, 1.165) is 0 Å². The van der Waals surface area contributed by atoms with Crippen LogP contribution in [0, 0.1) is 16.0 Å². The van der Waals surface area contributed by atoms with Crippen molar-refractivity contribution in [3.8, 4) is 0 Å². The average molecular weight is 265 g/mol. The summed E-state index contributed by atoms with van der Waals surface area (Å²) in [5, 5.41) is 19.5. The lowest BCUT2D eigenvalue weighted by atomic mass is 9.94. The monoisotopic (exact) mass is 265 g/mol. The molecule has 0 bridgehead atoms. The largest absolute Gasteiger partial charge is 0.481 e. The van der Waals surface area contributed by atoms with Gasteiger partial charge in [-0.25, -0.2) is 0 Å². The van der Waals surface area contributed by atoms with Gasteiger partial charge < -0.3 is 5.11 Å². The summed E-state index contributed by atoms with van der Waals surface area (Å²) in [6.07, 6.45) is 1.04. The van der Waals surface area contributed by atoms with Crippen LogP contribution in [-0.4, -0.2) is 21.8 Å². The van der Waals surface area contributed by atoms with Crippen LogP contribution in [0.25, 0.3) is 0 Å². The highest BCUT2D eigenvalue weighted by atomic mass is 16.6. The first kappa shape index (κ1) is 14.8. The number of rotatable bonds is 7. The molecule has 0 saturated carbocycles. The van der Waals surface area contributed by atoms with Crippen LogP contribution in [0.2, 0.25) is 0 Å². The standard InChI is InChI=1S/C13H15NO5/c1-2-3-10(13(16)17)8-12(15)9-4-6-11(7-5-9)14(18)19/h4-7,10H,2-3,8H2,1H3,(H,16,17). The Kier molecular flexibility index (Phi) is 5.17. The number of benzene rings is 1. The number of nitro benzene ring substituents is 1. The van der Waals surface area contributed by atoms with Crippen LogP contribution in [0.15, 0.2) is 24.3 Å². The predicted molar refractivity (Wildman–Crippen MR) is 68.1 cm³/mol. The number of carbonyl (C=O) groups excluding carboxylic acids is 1. The molecule has 1 aromatic carbocycles. The number of carbonyl (C=O) groups is 2. The number of carboxylic acids is 1. The van der Waals surface area contributed by atoms with E-state index < -0.39 is 16.8 Å². The number of non-ortho nitro benzene ring substituents is 1. The zero-order valence-electron chi connectivity index (χ0n) is 10.5. The van der Waals surface area contributed by atoms with Gasteiger partial charge in [0.05, 0.1) is 10.8 Å². The second-order valence-corrected chi connectivity index (χ2v) is 4.26. The summed E-state index contributed by atoms with van der Waals surface area (Å²) in [6, 6.07) is 5.18. The van der Waals surface area contributed by atoms with Crippen molar-refractivity contribution in [1.29, 1.82) is 0 Å². The van der Waals surface area contributed by atoms with E-state index in [4.69, 9.17) is 5.11 Å². The summed E-state index contributed by atoms with van der Waals surface area (Å²) in [7, 11) is 0. The van der Waals surface area contributed by atoms with Gasteiger partial charge in [-0.1, -0.05) is 13.3 Å². The summed E-state index contributed by atoms with van der Waals surface area (Å²) in [5.74, 6) is -2.00. The van der Waals surface area contributed by atoms with Gasteiger partial charge >= 0.3 is 5.97 Å². The maximum Gasteiger partial charge on any atom is 0.306 e. The predicted octanol–water partition coefficient (Wildman–Crippen LogP) is 2.67. The van der Waals surface area contributed by atoms with Crippen molar-refractivity contribution in [2.45, 2.75) is 26.2 Å². The molecular weight excluding hydrogens is 250 g/mol. The van der Waals surface area contributed by atoms with Crippen LogP contribution in [-0.2, 0) is 4.79 Å². The molecule has 0 aromatic heterocycles. The van der Waals surface area contributed by atoms with E-state index in [0.29, 0.717) is 18.4 Å². The molecule has 1 aromatic rings. The van der Waals surface area contributed by atoms with Crippen molar-refractivity contribution < 1.29 is 19.6 Å². The van der Waals surface area contributed by atoms with E-state index in [1.54, 1.807) is 0 Å². The number of nitro groups is 1. The van der Waals surface area contributed by atoms with Crippen LogP contribution < -0.4 is 0 Å². The van der Waals surface area contributed by atoms with Crippen molar-refractivity contribution >= 4 is 17.4 Å². The molecule has 19 heavy (non-hydrogen) atoms. The molecule has 6 nitrogen and oxygen atoms in total. The molecule has 0 heterocycles. The van der Waals surface area contributed by atoms with E-state index in [9.17, 15) is 19.7 Å². The molecule has 0 aliphatic rings. The number of Topliss-reactive ketones (excluding diaryl/α,β-unsaturated/α-hetero) is 1. The molecule has 0 saturated heterocycles. The number of aliphatic carboxylic acids is 1. The van der Waals surface area contributed by atoms with Gasteiger partial charge in [0.15, 0.2) is 5.78 Å². The van der Waals surface area contributed by atoms with E-state index >= 15 is 0 Å². The van der Waals surface area contributed by atoms with E-state index in [-0.39, 0.29) is 17.9 Å². The highest BCUT2D eigenvalue weighted by Crippen LogP contribution is 2.18. The Morgan fingerprint density at radius 1 is 1.32 bits per heavy atom. The number of hydrogen-bond donors (Lipinski definition) is 1.